The van der Waals surface area contributed by atoms with Gasteiger partial charge in [0.1, 0.15) is 11.5 Å². The summed E-state index contributed by atoms with van der Waals surface area (Å²) in [5.41, 5.74) is 2.34. The molecule has 3 aromatic rings. The molecule has 2 heterocycles. The summed E-state index contributed by atoms with van der Waals surface area (Å²) in [5.74, 6) is 1.48. The van der Waals surface area contributed by atoms with Crippen molar-refractivity contribution in [2.45, 2.75) is 33.8 Å². The van der Waals surface area contributed by atoms with E-state index in [2.05, 4.69) is 29.1 Å². The van der Waals surface area contributed by atoms with Crippen LogP contribution in [-0.4, -0.2) is 23.0 Å². The van der Waals surface area contributed by atoms with Crippen molar-refractivity contribution in [1.82, 2.24) is 9.97 Å². The molecule has 0 unspecified atom stereocenters. The van der Waals surface area contributed by atoms with Crippen LogP contribution in [-0.2, 0) is 13.0 Å². The predicted octanol–water partition coefficient (Wildman–Crippen LogP) is 4.88. The molecule has 7 heteroatoms. The Morgan fingerprint density at radius 3 is 2.76 bits per heavy atom. The van der Waals surface area contributed by atoms with Crippen LogP contribution in [0.25, 0.3) is 0 Å². The highest BCUT2D eigenvalue weighted by molar-refractivity contribution is 7.13. The van der Waals surface area contributed by atoms with Crippen LogP contribution in [0, 0.1) is 12.8 Å². The average molecular weight is 412 g/mol. The van der Waals surface area contributed by atoms with Crippen LogP contribution in [0.3, 0.4) is 0 Å². The third-order valence-electron chi connectivity index (χ3n) is 4.17. The zero-order chi connectivity index (χ0) is 20.8. The highest BCUT2D eigenvalue weighted by Crippen LogP contribution is 2.31. The number of nitrogens with one attached hydrogen (secondary N) is 1. The van der Waals surface area contributed by atoms with Crippen molar-refractivity contribution in [2.75, 3.05) is 12.4 Å². The molecule has 29 heavy (non-hydrogen) atoms. The van der Waals surface area contributed by atoms with E-state index >= 15 is 0 Å². The molecular weight excluding hydrogens is 386 g/mol. The van der Waals surface area contributed by atoms with Gasteiger partial charge >= 0.3 is 0 Å². The van der Waals surface area contributed by atoms with Crippen molar-refractivity contribution in [1.29, 1.82) is 0 Å². The van der Waals surface area contributed by atoms with Crippen molar-refractivity contribution in [3.63, 3.8) is 0 Å². The fraction of sp³-hybridized carbons (Fsp3) is 0.318. The first-order valence-corrected chi connectivity index (χ1v) is 10.2. The Labute approximate surface area is 174 Å². The molecule has 1 N–H and O–H groups in total. The Morgan fingerprint density at radius 1 is 1.24 bits per heavy atom. The van der Waals surface area contributed by atoms with E-state index in [1.807, 2.05) is 19.1 Å². The summed E-state index contributed by atoms with van der Waals surface area (Å²) in [6.07, 6.45) is 4.33. The minimum Gasteiger partial charge on any atom is -0.493 e. The fourth-order valence-corrected chi connectivity index (χ4v) is 3.97. The van der Waals surface area contributed by atoms with E-state index in [1.165, 1.54) is 11.3 Å². The van der Waals surface area contributed by atoms with Gasteiger partial charge in [-0.15, -0.1) is 11.3 Å². The number of hydrogen-bond acceptors (Lipinski definition) is 6. The largest absolute Gasteiger partial charge is 0.493 e. The lowest BCUT2D eigenvalue weighted by Gasteiger charge is -2.13. The maximum atomic E-state index is 12.8. The van der Waals surface area contributed by atoms with Gasteiger partial charge in [-0.3, -0.25) is 9.78 Å². The summed E-state index contributed by atoms with van der Waals surface area (Å²) in [7, 11) is 1.58. The lowest BCUT2D eigenvalue weighted by molar-refractivity contribution is 0.103. The number of carbonyl (C=O) groups is 1. The summed E-state index contributed by atoms with van der Waals surface area (Å²) in [5, 5.41) is 3.92. The van der Waals surface area contributed by atoms with E-state index < -0.39 is 0 Å². The maximum absolute atomic E-state index is 12.8. The van der Waals surface area contributed by atoms with Crippen LogP contribution in [0.1, 0.15) is 39.8 Å². The number of benzene rings is 1. The fourth-order valence-electron chi connectivity index (χ4n) is 2.80. The van der Waals surface area contributed by atoms with Crippen LogP contribution >= 0.6 is 11.3 Å². The number of aryl methyl sites for hydroxylation is 1. The summed E-state index contributed by atoms with van der Waals surface area (Å²) in [6.45, 7) is 6.50. The van der Waals surface area contributed by atoms with Gasteiger partial charge < -0.3 is 14.8 Å². The van der Waals surface area contributed by atoms with Gasteiger partial charge in [0.15, 0.2) is 11.5 Å². The monoisotopic (exact) mass is 411 g/mol. The van der Waals surface area contributed by atoms with Crippen LogP contribution in [0.2, 0.25) is 0 Å². The number of amides is 1. The van der Waals surface area contributed by atoms with Crippen LogP contribution in [0.4, 0.5) is 5.69 Å². The van der Waals surface area contributed by atoms with Gasteiger partial charge in [0.05, 0.1) is 17.8 Å². The van der Waals surface area contributed by atoms with E-state index in [1.54, 1.807) is 37.7 Å². The van der Waals surface area contributed by atoms with E-state index in [0.29, 0.717) is 34.6 Å². The highest BCUT2D eigenvalue weighted by Gasteiger charge is 2.17. The summed E-state index contributed by atoms with van der Waals surface area (Å²) in [4.78, 5) is 22.0. The molecule has 6 nitrogen and oxygen atoms in total. The minimum absolute atomic E-state index is 0.168. The van der Waals surface area contributed by atoms with Gasteiger partial charge in [-0.1, -0.05) is 19.9 Å². The van der Waals surface area contributed by atoms with Gasteiger partial charge in [0, 0.05) is 36.1 Å². The second-order valence-electron chi connectivity index (χ2n) is 7.09. The van der Waals surface area contributed by atoms with Crippen molar-refractivity contribution in [3.8, 4) is 11.5 Å². The predicted molar refractivity (Wildman–Crippen MR) is 115 cm³/mol. The Bertz CT molecular complexity index is 971. The summed E-state index contributed by atoms with van der Waals surface area (Å²) >= 11 is 1.45. The minimum atomic E-state index is -0.168. The SMILES string of the molecule is COc1ccc(NC(=O)c2sc(CC(C)C)nc2C)cc1OCc1cccnc1. The molecule has 1 amide bonds. The number of pyridine rings is 1. The number of hydrogen-bond donors (Lipinski definition) is 1. The molecule has 3 rings (SSSR count). The zero-order valence-electron chi connectivity index (χ0n) is 17.1. The van der Waals surface area contributed by atoms with Gasteiger partial charge in [-0.25, -0.2) is 4.98 Å². The van der Waals surface area contributed by atoms with Gasteiger partial charge in [0.25, 0.3) is 5.91 Å². The molecule has 0 atom stereocenters. The summed E-state index contributed by atoms with van der Waals surface area (Å²) in [6, 6.07) is 9.12. The average Bonchev–Trinajstić information content (AvgIpc) is 3.06. The second kappa shape index (κ2) is 9.52. The van der Waals surface area contributed by atoms with Crippen LogP contribution < -0.4 is 14.8 Å². The van der Waals surface area contributed by atoms with E-state index in [9.17, 15) is 4.79 Å². The Balaban J connectivity index is 1.73. The first-order chi connectivity index (χ1) is 14.0. The number of anilines is 1. The molecule has 0 fully saturated rings. The number of nitrogens with zero attached hydrogens (tertiary/aromatic N) is 2. The van der Waals surface area contributed by atoms with Gasteiger partial charge in [-0.05, 0) is 31.0 Å². The first kappa shape index (κ1) is 20.8. The topological polar surface area (TPSA) is 73.3 Å². The molecule has 0 aliphatic rings. The second-order valence-corrected chi connectivity index (χ2v) is 8.17. The molecule has 1 aromatic carbocycles. The van der Waals surface area contributed by atoms with Crippen LogP contribution in [0.5, 0.6) is 11.5 Å². The molecule has 0 saturated carbocycles. The van der Waals surface area contributed by atoms with E-state index in [0.717, 1.165) is 22.7 Å². The Morgan fingerprint density at radius 2 is 2.07 bits per heavy atom. The van der Waals surface area contributed by atoms with Crippen LogP contribution in [0.15, 0.2) is 42.7 Å². The number of ether oxygens (including phenoxy) is 2. The lowest BCUT2D eigenvalue weighted by atomic mass is 10.1. The molecule has 0 radical (unpaired) electrons. The third kappa shape index (κ3) is 5.54. The Hall–Kier alpha value is -2.93. The molecule has 0 aliphatic carbocycles. The molecule has 0 bridgehead atoms. The smallest absolute Gasteiger partial charge is 0.267 e. The molecule has 152 valence electrons. The lowest BCUT2D eigenvalue weighted by Crippen LogP contribution is -2.11. The molecule has 0 spiro atoms. The summed E-state index contributed by atoms with van der Waals surface area (Å²) < 4.78 is 11.3. The number of carbonyl (C=O) groups excluding carboxylic acids is 1. The quantitative estimate of drug-likeness (QED) is 0.572. The van der Waals surface area contributed by atoms with Crippen molar-refractivity contribution in [2.24, 2.45) is 5.92 Å². The van der Waals surface area contributed by atoms with Gasteiger partial charge in [-0.2, -0.15) is 0 Å². The van der Waals surface area contributed by atoms with E-state index in [4.69, 9.17) is 9.47 Å². The number of aromatic nitrogens is 2. The van der Waals surface area contributed by atoms with Crippen molar-refractivity contribution in [3.05, 3.63) is 63.9 Å². The van der Waals surface area contributed by atoms with Crippen molar-refractivity contribution >= 4 is 22.9 Å². The maximum Gasteiger partial charge on any atom is 0.267 e. The number of methoxy groups -OCH3 is 1. The standard InChI is InChI=1S/C22H25N3O3S/c1-14(2)10-20-24-15(3)21(29-20)22(26)25-17-7-8-18(27-4)19(11-17)28-13-16-6-5-9-23-12-16/h5-9,11-12,14H,10,13H2,1-4H3,(H,25,26). The Kier molecular flexibility index (Phi) is 6.82. The number of rotatable bonds is 8. The molecule has 0 saturated heterocycles. The normalized spacial score (nSPS) is 10.8. The zero-order valence-corrected chi connectivity index (χ0v) is 17.9. The first-order valence-electron chi connectivity index (χ1n) is 9.43. The number of thiazole rings is 1. The van der Waals surface area contributed by atoms with Gasteiger partial charge in [0.2, 0.25) is 0 Å². The molecule has 0 aliphatic heterocycles. The molecular formula is C22H25N3O3S. The molecule has 2 aromatic heterocycles. The van der Waals surface area contributed by atoms with E-state index in [-0.39, 0.29) is 5.91 Å². The highest BCUT2D eigenvalue weighted by atomic mass is 32.1. The third-order valence-corrected chi connectivity index (χ3v) is 5.35. The van der Waals surface area contributed by atoms with Crippen molar-refractivity contribution < 1.29 is 14.3 Å².